The molecule has 1 aromatic heterocycles. The molecule has 0 atom stereocenters. The van der Waals surface area contributed by atoms with Gasteiger partial charge < -0.3 is 4.57 Å². The number of benzene rings is 1. The van der Waals surface area contributed by atoms with Crippen molar-refractivity contribution in [3.63, 3.8) is 0 Å². The maximum Gasteiger partial charge on any atom is 0.251 e. The standard InChI is InChI=1S/C11H9ClN2OS/c12-9-3-1-8(2-4-9)7-14-6-5-10(15)13-11(14)16/h1-6H,7H2,(H,13,15,16). The minimum atomic E-state index is -0.183. The van der Waals surface area contributed by atoms with Gasteiger partial charge in [-0.05, 0) is 29.9 Å². The Hall–Kier alpha value is -1.39. The van der Waals surface area contributed by atoms with Gasteiger partial charge in [-0.25, -0.2) is 0 Å². The molecular formula is C11H9ClN2OS. The number of halogens is 1. The predicted octanol–water partition coefficient (Wildman–Crippen LogP) is 2.61. The molecule has 1 N–H and O–H groups in total. The number of nitrogens with one attached hydrogen (secondary N) is 1. The van der Waals surface area contributed by atoms with Gasteiger partial charge in [-0.15, -0.1) is 0 Å². The van der Waals surface area contributed by atoms with Crippen molar-refractivity contribution in [1.82, 2.24) is 9.55 Å². The second-order valence-electron chi connectivity index (χ2n) is 3.36. The zero-order valence-corrected chi connectivity index (χ0v) is 9.89. The third-order valence-corrected chi connectivity index (χ3v) is 2.75. The fourth-order valence-corrected chi connectivity index (χ4v) is 1.71. The molecule has 0 radical (unpaired) electrons. The van der Waals surface area contributed by atoms with Crippen LogP contribution >= 0.6 is 23.8 Å². The molecular weight excluding hydrogens is 244 g/mol. The van der Waals surface area contributed by atoms with Gasteiger partial charge in [-0.2, -0.15) is 0 Å². The van der Waals surface area contributed by atoms with E-state index in [0.29, 0.717) is 16.3 Å². The first-order chi connectivity index (χ1) is 7.65. The molecule has 0 saturated carbocycles. The van der Waals surface area contributed by atoms with E-state index in [4.69, 9.17) is 23.8 Å². The molecule has 0 fully saturated rings. The summed E-state index contributed by atoms with van der Waals surface area (Å²) in [6.07, 6.45) is 1.68. The van der Waals surface area contributed by atoms with Crippen LogP contribution in [0.4, 0.5) is 0 Å². The van der Waals surface area contributed by atoms with E-state index in [9.17, 15) is 4.79 Å². The summed E-state index contributed by atoms with van der Waals surface area (Å²) in [4.78, 5) is 13.6. The Morgan fingerprint density at radius 3 is 2.56 bits per heavy atom. The summed E-state index contributed by atoms with van der Waals surface area (Å²) < 4.78 is 2.21. The Bertz CT molecular complexity index is 600. The van der Waals surface area contributed by atoms with Crippen LogP contribution in [0.3, 0.4) is 0 Å². The first-order valence-electron chi connectivity index (χ1n) is 4.69. The van der Waals surface area contributed by atoms with Gasteiger partial charge in [0.1, 0.15) is 0 Å². The number of hydrogen-bond donors (Lipinski definition) is 1. The molecule has 16 heavy (non-hydrogen) atoms. The molecule has 2 rings (SSSR count). The minimum Gasteiger partial charge on any atom is -0.321 e. The van der Waals surface area contributed by atoms with Crippen LogP contribution in [0.15, 0.2) is 41.3 Å². The lowest BCUT2D eigenvalue weighted by atomic mass is 10.2. The number of hydrogen-bond acceptors (Lipinski definition) is 2. The van der Waals surface area contributed by atoms with Crippen molar-refractivity contribution >= 4 is 23.8 Å². The Balaban J connectivity index is 2.30. The molecule has 0 bridgehead atoms. The molecule has 2 aromatic rings. The Kier molecular flexibility index (Phi) is 3.22. The van der Waals surface area contributed by atoms with Gasteiger partial charge in [0.2, 0.25) is 0 Å². The molecule has 5 heteroatoms. The monoisotopic (exact) mass is 252 g/mol. The van der Waals surface area contributed by atoms with Gasteiger partial charge in [0.05, 0.1) is 0 Å². The first-order valence-corrected chi connectivity index (χ1v) is 5.48. The molecule has 0 spiro atoms. The second kappa shape index (κ2) is 4.63. The second-order valence-corrected chi connectivity index (χ2v) is 4.19. The molecule has 1 aromatic carbocycles. The van der Waals surface area contributed by atoms with Crippen LogP contribution in [-0.2, 0) is 6.54 Å². The summed E-state index contributed by atoms with van der Waals surface area (Å²) in [7, 11) is 0. The van der Waals surface area contributed by atoms with Crippen LogP contribution in [0.25, 0.3) is 0 Å². The SMILES string of the molecule is O=c1ccn(Cc2ccc(Cl)cc2)c(=S)[nH]1. The van der Waals surface area contributed by atoms with E-state index in [1.165, 1.54) is 6.07 Å². The van der Waals surface area contributed by atoms with Gasteiger partial charge in [0, 0.05) is 23.8 Å². The zero-order chi connectivity index (χ0) is 11.5. The fourth-order valence-electron chi connectivity index (χ4n) is 1.36. The van der Waals surface area contributed by atoms with Crippen LogP contribution in [-0.4, -0.2) is 9.55 Å². The maximum absolute atomic E-state index is 11.0. The van der Waals surface area contributed by atoms with Crippen molar-refractivity contribution in [3.8, 4) is 0 Å². The van der Waals surface area contributed by atoms with Gasteiger partial charge in [0.25, 0.3) is 5.56 Å². The van der Waals surface area contributed by atoms with Gasteiger partial charge in [0.15, 0.2) is 4.77 Å². The number of rotatable bonds is 2. The lowest BCUT2D eigenvalue weighted by molar-refractivity contribution is 0.745. The Labute approximate surface area is 102 Å². The number of aromatic nitrogens is 2. The van der Waals surface area contributed by atoms with Crippen molar-refractivity contribution in [2.45, 2.75) is 6.54 Å². The van der Waals surface area contributed by atoms with E-state index < -0.39 is 0 Å². The van der Waals surface area contributed by atoms with E-state index in [0.717, 1.165) is 5.56 Å². The molecule has 0 unspecified atom stereocenters. The lowest BCUT2D eigenvalue weighted by Crippen LogP contribution is -2.11. The Morgan fingerprint density at radius 2 is 1.94 bits per heavy atom. The molecule has 82 valence electrons. The summed E-state index contributed by atoms with van der Waals surface area (Å²) in [6, 6.07) is 8.95. The number of nitrogens with zero attached hydrogens (tertiary/aromatic N) is 1. The van der Waals surface area contributed by atoms with E-state index in [2.05, 4.69) is 4.98 Å². The summed E-state index contributed by atoms with van der Waals surface area (Å²) in [5.41, 5.74) is 0.893. The van der Waals surface area contributed by atoms with Gasteiger partial charge in [-0.1, -0.05) is 23.7 Å². The lowest BCUT2D eigenvalue weighted by Gasteiger charge is -2.05. The van der Waals surface area contributed by atoms with Crippen molar-refractivity contribution < 1.29 is 0 Å². The van der Waals surface area contributed by atoms with Crippen LogP contribution in [0.5, 0.6) is 0 Å². The molecule has 0 aliphatic heterocycles. The molecule has 0 saturated heterocycles. The summed E-state index contributed by atoms with van der Waals surface area (Å²) in [5, 5.41) is 0.703. The normalized spacial score (nSPS) is 10.3. The van der Waals surface area contributed by atoms with Crippen LogP contribution in [0.2, 0.25) is 5.02 Å². The fraction of sp³-hybridized carbons (Fsp3) is 0.0909. The summed E-state index contributed by atoms with van der Waals surface area (Å²) in [6.45, 7) is 0.618. The van der Waals surface area contributed by atoms with Crippen LogP contribution in [0.1, 0.15) is 5.56 Å². The van der Waals surface area contributed by atoms with Crippen molar-refractivity contribution in [2.75, 3.05) is 0 Å². The molecule has 1 heterocycles. The zero-order valence-electron chi connectivity index (χ0n) is 8.31. The van der Waals surface area contributed by atoms with E-state index >= 15 is 0 Å². The van der Waals surface area contributed by atoms with E-state index in [1.807, 2.05) is 24.3 Å². The van der Waals surface area contributed by atoms with Gasteiger partial charge >= 0.3 is 0 Å². The Morgan fingerprint density at radius 1 is 1.25 bits per heavy atom. The first kappa shape index (κ1) is 11.1. The van der Waals surface area contributed by atoms with Crippen LogP contribution in [0, 0.1) is 4.77 Å². The topological polar surface area (TPSA) is 37.8 Å². The average Bonchev–Trinajstić information content (AvgIpc) is 2.25. The number of H-pyrrole nitrogens is 1. The van der Waals surface area contributed by atoms with Crippen molar-refractivity contribution in [1.29, 1.82) is 0 Å². The smallest absolute Gasteiger partial charge is 0.251 e. The molecule has 0 amide bonds. The van der Waals surface area contributed by atoms with E-state index in [1.54, 1.807) is 10.8 Å². The number of aromatic amines is 1. The summed E-state index contributed by atoms with van der Waals surface area (Å²) in [5.74, 6) is 0. The highest BCUT2D eigenvalue weighted by Gasteiger charge is 1.96. The highest BCUT2D eigenvalue weighted by Crippen LogP contribution is 2.10. The third-order valence-electron chi connectivity index (χ3n) is 2.16. The maximum atomic E-state index is 11.0. The van der Waals surface area contributed by atoms with Crippen molar-refractivity contribution in [2.24, 2.45) is 0 Å². The predicted molar refractivity (Wildman–Crippen MR) is 66.4 cm³/mol. The highest BCUT2D eigenvalue weighted by atomic mass is 35.5. The largest absolute Gasteiger partial charge is 0.321 e. The van der Waals surface area contributed by atoms with Crippen molar-refractivity contribution in [3.05, 3.63) is 62.2 Å². The molecule has 0 aliphatic rings. The highest BCUT2D eigenvalue weighted by molar-refractivity contribution is 7.71. The quantitative estimate of drug-likeness (QED) is 0.835. The summed E-state index contributed by atoms with van der Waals surface area (Å²) >= 11 is 10.8. The average molecular weight is 253 g/mol. The minimum absolute atomic E-state index is 0.183. The molecule has 0 aliphatic carbocycles. The van der Waals surface area contributed by atoms with Gasteiger partial charge in [-0.3, -0.25) is 9.78 Å². The van der Waals surface area contributed by atoms with Crippen LogP contribution < -0.4 is 5.56 Å². The molecule has 3 nitrogen and oxygen atoms in total. The van der Waals surface area contributed by atoms with E-state index in [-0.39, 0.29) is 5.56 Å². The third kappa shape index (κ3) is 2.59.